The summed E-state index contributed by atoms with van der Waals surface area (Å²) in [7, 11) is 0. The van der Waals surface area contributed by atoms with Gasteiger partial charge in [-0.15, -0.1) is 11.8 Å². The molecule has 0 fully saturated rings. The second-order valence-corrected chi connectivity index (χ2v) is 12.9. The van der Waals surface area contributed by atoms with E-state index in [2.05, 4.69) is 16.6 Å². The largest absolute Gasteiger partial charge is 0.502 e. The molecule has 4 heterocycles. The number of aromatic amines is 1. The Morgan fingerprint density at radius 1 is 1.29 bits per heavy atom. The zero-order valence-electron chi connectivity index (χ0n) is 23.3. The van der Waals surface area contributed by atoms with E-state index in [9.17, 15) is 14.0 Å². The van der Waals surface area contributed by atoms with E-state index in [1.165, 1.54) is 9.14 Å². The standard InChI is InChI=1S/C28H20F5IN6O3S2/c1-4-18(41)39-11(2)7-38(8-12(39)3)25-14-5-15(28(31,32)33)19(20-16(29)6-17(30)23-21(20)36-26(35)45-23)24-22(14)40(27(42)37-25)13(9-43-34)10-44-24/h4-7,12H,1,8-10H2,2-3H3,(H-,35,36,37,42)/p+1/t12-/m1/s1. The number of nitrogens with zero attached hydrogens (tertiary/aromatic N) is 4. The molecule has 1 amide bonds. The lowest BCUT2D eigenvalue weighted by atomic mass is 10.0. The Bertz CT molecular complexity index is 2190. The van der Waals surface area contributed by atoms with Crippen molar-refractivity contribution in [3.8, 4) is 0 Å². The van der Waals surface area contributed by atoms with E-state index in [4.69, 9.17) is 8.48 Å². The van der Waals surface area contributed by atoms with Crippen LogP contribution in [-0.4, -0.2) is 45.9 Å². The van der Waals surface area contributed by atoms with Gasteiger partial charge in [0, 0.05) is 34.9 Å². The molecule has 0 aliphatic carbocycles. The van der Waals surface area contributed by atoms with Crippen molar-refractivity contribution in [2.24, 2.45) is 4.99 Å². The fraction of sp³-hybridized carbons (Fsp3) is 0.250. The zero-order valence-corrected chi connectivity index (χ0v) is 27.1. The number of amidine groups is 1. The number of aromatic nitrogens is 2. The maximum absolute atomic E-state index is 15.7. The molecule has 1 atom stereocenters. The number of halogens is 6. The van der Waals surface area contributed by atoms with Gasteiger partial charge in [-0.1, -0.05) is 6.58 Å². The number of benzene rings is 2. The quantitative estimate of drug-likeness (QED) is 0.168. The maximum atomic E-state index is 15.7. The van der Waals surface area contributed by atoms with Gasteiger partial charge in [0.15, 0.2) is 10.7 Å². The topological polar surface area (TPSA) is 108 Å². The predicted octanol–water partition coefficient (Wildman–Crippen LogP) is 5.00. The van der Waals surface area contributed by atoms with E-state index in [1.54, 1.807) is 48.0 Å². The molecule has 234 valence electrons. The minimum Gasteiger partial charge on any atom is -0.311 e. The fourth-order valence-corrected chi connectivity index (χ4v) is 8.17. The van der Waals surface area contributed by atoms with Crippen molar-refractivity contribution >= 4 is 74.3 Å². The maximum Gasteiger partial charge on any atom is 0.502 e. The average molecular weight is 776 g/mol. The number of carbonyl (C=O) groups is 1. The zero-order chi connectivity index (χ0) is 32.5. The first-order valence-electron chi connectivity index (χ1n) is 13.2. The number of rotatable bonds is 4. The van der Waals surface area contributed by atoms with Gasteiger partial charge in [-0.2, -0.15) is 27.2 Å². The molecule has 0 radical (unpaired) electrons. The molecule has 0 unspecified atom stereocenters. The number of H-pyrrole nitrogens is 1. The Balaban J connectivity index is 1.86. The van der Waals surface area contributed by atoms with Crippen LogP contribution in [0.5, 0.6) is 0 Å². The van der Waals surface area contributed by atoms with Crippen LogP contribution in [-0.2, 0) is 14.0 Å². The Morgan fingerprint density at radius 3 is 2.67 bits per heavy atom. The molecule has 3 aliphatic rings. The predicted molar refractivity (Wildman–Crippen MR) is 165 cm³/mol. The highest BCUT2D eigenvalue weighted by Crippen LogP contribution is 2.42. The number of anilines is 1. The molecule has 0 spiro atoms. The van der Waals surface area contributed by atoms with Gasteiger partial charge in [-0.05, 0) is 37.8 Å². The van der Waals surface area contributed by atoms with E-state index in [-0.39, 0.29) is 51.3 Å². The van der Waals surface area contributed by atoms with E-state index in [1.807, 2.05) is 0 Å². The summed E-state index contributed by atoms with van der Waals surface area (Å²) >= 11 is 3.18. The van der Waals surface area contributed by atoms with E-state index < -0.39 is 56.1 Å². The van der Waals surface area contributed by atoms with Crippen molar-refractivity contribution < 1.29 is 34.1 Å². The van der Waals surface area contributed by atoms with Gasteiger partial charge in [0.2, 0.25) is 11.7 Å². The number of hydrogen-bond acceptors (Lipinski definition) is 7. The van der Waals surface area contributed by atoms with Crippen LogP contribution >= 0.6 is 46.5 Å². The molecular weight excluding hydrogens is 754 g/mol. The second kappa shape index (κ2) is 11.5. The van der Waals surface area contributed by atoms with Gasteiger partial charge < -0.3 is 12.9 Å². The summed E-state index contributed by atoms with van der Waals surface area (Å²) in [5, 5.41) is 5.88. The van der Waals surface area contributed by atoms with Crippen LogP contribution < -0.4 is 20.2 Å². The van der Waals surface area contributed by atoms with Crippen LogP contribution in [0.25, 0.3) is 10.9 Å². The molecule has 2 N–H and O–H groups in total. The van der Waals surface area contributed by atoms with Gasteiger partial charge in [0.1, 0.15) is 47.0 Å². The molecule has 0 bridgehead atoms. The van der Waals surface area contributed by atoms with Crippen LogP contribution in [0.3, 0.4) is 0 Å². The van der Waals surface area contributed by atoms with Crippen LogP contribution in [0, 0.1) is 33.2 Å². The third kappa shape index (κ3) is 5.16. The number of amides is 1. The molecule has 6 rings (SSSR count). The first kappa shape index (κ1) is 31.7. The molecule has 3 aliphatic heterocycles. The Labute approximate surface area is 273 Å². The van der Waals surface area contributed by atoms with Crippen LogP contribution in [0.1, 0.15) is 19.4 Å². The molecule has 9 nitrogen and oxygen atoms in total. The molecule has 1 aromatic heterocycles. The fourth-order valence-electron chi connectivity index (χ4n) is 5.86. The van der Waals surface area contributed by atoms with Crippen LogP contribution in [0.15, 0.2) is 56.3 Å². The Morgan fingerprint density at radius 2 is 2.02 bits per heavy atom. The molecule has 0 saturated heterocycles. The number of hydrogen-bond donors (Lipinski definition) is 2. The SMILES string of the molecule is C=CC(=O)N1C(C)=CN(c2[nH]c(=O)[n+]3c4c(/c(=c5\c(F)cc(F)c6c5=NC(=N)S6)c(C(F)(F)F)cc24)SCC=3COI)C[C@H]1C. The summed E-state index contributed by atoms with van der Waals surface area (Å²) in [5.74, 6) is -2.64. The van der Waals surface area contributed by atoms with Crippen LogP contribution in [0.4, 0.5) is 27.8 Å². The van der Waals surface area contributed by atoms with Crippen molar-refractivity contribution in [3.05, 3.63) is 85.9 Å². The second-order valence-electron chi connectivity index (χ2n) is 10.3. The smallest absolute Gasteiger partial charge is 0.311 e. The molecule has 2 aromatic carbocycles. The Kier molecular flexibility index (Phi) is 8.10. The van der Waals surface area contributed by atoms with Gasteiger partial charge >= 0.3 is 11.9 Å². The molecule has 45 heavy (non-hydrogen) atoms. The third-order valence-corrected chi connectivity index (χ3v) is 9.89. The average Bonchev–Trinajstić information content (AvgIpc) is 3.36. The van der Waals surface area contributed by atoms with E-state index >= 15 is 17.6 Å². The third-order valence-electron chi connectivity index (χ3n) is 7.54. The van der Waals surface area contributed by atoms with E-state index in [0.29, 0.717) is 29.2 Å². The van der Waals surface area contributed by atoms with Crippen LogP contribution in [0.2, 0.25) is 0 Å². The number of nitrogens with one attached hydrogen (secondary N) is 2. The van der Waals surface area contributed by atoms with Gasteiger partial charge in [-0.25, -0.2) is 13.8 Å². The highest BCUT2D eigenvalue weighted by molar-refractivity contribution is 14.1. The minimum atomic E-state index is -5.03. The van der Waals surface area contributed by atoms with Gasteiger partial charge in [-0.3, -0.25) is 10.2 Å². The highest BCUT2D eigenvalue weighted by atomic mass is 127. The van der Waals surface area contributed by atoms with Crippen molar-refractivity contribution in [1.82, 2.24) is 9.88 Å². The number of thioether (sulfide) groups is 2. The van der Waals surface area contributed by atoms with Crippen molar-refractivity contribution in [3.63, 3.8) is 0 Å². The first-order valence-corrected chi connectivity index (χ1v) is 15.8. The number of alkyl halides is 3. The molecule has 17 heteroatoms. The van der Waals surface area contributed by atoms with Crippen molar-refractivity contribution in [1.29, 1.82) is 5.41 Å². The van der Waals surface area contributed by atoms with Gasteiger partial charge in [0.05, 0.1) is 37.9 Å². The monoisotopic (exact) mass is 775 g/mol. The summed E-state index contributed by atoms with van der Waals surface area (Å²) < 4.78 is 81.9. The minimum absolute atomic E-state index is 0.00296. The molecular formula is C28H21F5IN6O3S2+. The normalized spacial score (nSPS) is 18.7. The first-order chi connectivity index (χ1) is 21.3. The lowest BCUT2D eigenvalue weighted by Gasteiger charge is -2.37. The van der Waals surface area contributed by atoms with Gasteiger partial charge in [0.25, 0.3) is 0 Å². The summed E-state index contributed by atoms with van der Waals surface area (Å²) in [6, 6.07) is 0.869. The highest BCUT2D eigenvalue weighted by Gasteiger charge is 2.39. The summed E-state index contributed by atoms with van der Waals surface area (Å²) in [6.07, 6.45) is -2.33. The van der Waals surface area contributed by atoms with E-state index in [0.717, 1.165) is 23.9 Å². The Hall–Kier alpha value is -3.29. The molecule has 3 aromatic rings. The molecule has 0 saturated carbocycles. The number of fused-ring (bicyclic) bond motifs is 1. The lowest BCUT2D eigenvalue weighted by Crippen LogP contribution is -2.50. The lowest BCUT2D eigenvalue weighted by molar-refractivity contribution is -0.518. The van der Waals surface area contributed by atoms with Crippen molar-refractivity contribution in [2.45, 2.75) is 35.9 Å². The summed E-state index contributed by atoms with van der Waals surface area (Å²) in [4.78, 5) is 35.6. The number of allylic oxidation sites excluding steroid dienone is 1. The summed E-state index contributed by atoms with van der Waals surface area (Å²) in [5.41, 5.74) is -0.943. The number of carbonyl (C=O) groups excluding carboxylic acids is 1. The summed E-state index contributed by atoms with van der Waals surface area (Å²) in [6.45, 7) is 7.00. The van der Waals surface area contributed by atoms with Crippen molar-refractivity contribution in [2.75, 3.05) is 23.8 Å².